The lowest BCUT2D eigenvalue weighted by atomic mass is 9.89. The summed E-state index contributed by atoms with van der Waals surface area (Å²) in [7, 11) is 0. The van der Waals surface area contributed by atoms with E-state index in [1.54, 1.807) is 0 Å². The van der Waals surface area contributed by atoms with Gasteiger partial charge in [-0.3, -0.25) is 0 Å². The molecular formula is C14H18N4. The third-order valence-electron chi connectivity index (χ3n) is 3.84. The fraction of sp³-hybridized carbons (Fsp3) is 0.500. The number of aromatic nitrogens is 3. The van der Waals surface area contributed by atoms with E-state index in [9.17, 15) is 0 Å². The highest BCUT2D eigenvalue weighted by Gasteiger charge is 2.28. The zero-order valence-corrected chi connectivity index (χ0v) is 10.7. The van der Waals surface area contributed by atoms with Crippen molar-refractivity contribution in [3.8, 4) is 0 Å². The number of benzene rings is 1. The van der Waals surface area contributed by atoms with E-state index < -0.39 is 0 Å². The Bertz CT molecular complexity index is 546. The molecule has 0 radical (unpaired) electrons. The number of hydrogen-bond donors (Lipinski definition) is 1. The molecule has 0 bridgehead atoms. The summed E-state index contributed by atoms with van der Waals surface area (Å²) in [6, 6.07) is 7.81. The molecule has 1 N–H and O–H groups in total. The first-order valence-corrected chi connectivity index (χ1v) is 6.59. The van der Waals surface area contributed by atoms with E-state index in [1.807, 2.05) is 24.3 Å². The molecule has 1 saturated carbocycles. The maximum Gasteiger partial charge on any atom is 0.243 e. The monoisotopic (exact) mass is 242 g/mol. The molecule has 1 aliphatic rings. The average Bonchev–Trinajstić information content (AvgIpc) is 2.84. The molecule has 0 unspecified atom stereocenters. The largest absolute Gasteiger partial charge is 0.352 e. The Morgan fingerprint density at radius 3 is 2.61 bits per heavy atom. The predicted molar refractivity (Wildman–Crippen MR) is 72.4 cm³/mol. The Morgan fingerprint density at radius 1 is 1.11 bits per heavy atom. The van der Waals surface area contributed by atoms with Crippen LogP contribution in [0.2, 0.25) is 0 Å². The fourth-order valence-electron chi connectivity index (χ4n) is 2.65. The molecule has 1 fully saturated rings. The van der Waals surface area contributed by atoms with Gasteiger partial charge >= 0.3 is 0 Å². The van der Waals surface area contributed by atoms with Gasteiger partial charge in [-0.1, -0.05) is 31.9 Å². The molecule has 18 heavy (non-hydrogen) atoms. The lowest BCUT2D eigenvalue weighted by Crippen LogP contribution is -2.24. The Morgan fingerprint density at radius 2 is 1.83 bits per heavy atom. The van der Waals surface area contributed by atoms with E-state index in [2.05, 4.69) is 27.4 Å². The summed E-state index contributed by atoms with van der Waals surface area (Å²) in [5.74, 6) is 0.641. The summed E-state index contributed by atoms with van der Waals surface area (Å²) in [5.41, 5.74) is 2.14. The fourth-order valence-corrected chi connectivity index (χ4v) is 2.65. The van der Waals surface area contributed by atoms with Crippen molar-refractivity contribution in [2.24, 2.45) is 5.41 Å². The van der Waals surface area contributed by atoms with E-state index in [-0.39, 0.29) is 0 Å². The van der Waals surface area contributed by atoms with E-state index in [0.717, 1.165) is 17.6 Å². The van der Waals surface area contributed by atoms with Gasteiger partial charge in [0.1, 0.15) is 5.52 Å². The SMILES string of the molecule is CC1(CNc2nnc3ccccc3n2)CCCC1. The van der Waals surface area contributed by atoms with Crippen molar-refractivity contribution < 1.29 is 0 Å². The highest BCUT2D eigenvalue weighted by Crippen LogP contribution is 2.37. The molecule has 0 amide bonds. The van der Waals surface area contributed by atoms with Crippen LogP contribution in [0.5, 0.6) is 0 Å². The molecule has 1 heterocycles. The van der Waals surface area contributed by atoms with E-state index in [1.165, 1.54) is 25.7 Å². The topological polar surface area (TPSA) is 50.7 Å². The zero-order chi connectivity index (χ0) is 12.4. The Balaban J connectivity index is 1.74. The van der Waals surface area contributed by atoms with Gasteiger partial charge in [-0.2, -0.15) is 0 Å². The lowest BCUT2D eigenvalue weighted by Gasteiger charge is -2.23. The van der Waals surface area contributed by atoms with Crippen molar-refractivity contribution in [2.75, 3.05) is 11.9 Å². The van der Waals surface area contributed by atoms with Gasteiger partial charge in [-0.25, -0.2) is 4.98 Å². The van der Waals surface area contributed by atoms with Crippen molar-refractivity contribution in [3.63, 3.8) is 0 Å². The number of rotatable bonds is 3. The summed E-state index contributed by atoms with van der Waals surface area (Å²) < 4.78 is 0. The van der Waals surface area contributed by atoms with Crippen molar-refractivity contribution >= 4 is 17.0 Å². The lowest BCUT2D eigenvalue weighted by molar-refractivity contribution is 0.361. The Hall–Kier alpha value is -1.71. The molecule has 2 aromatic rings. The standard InChI is InChI=1S/C14H18N4/c1-14(8-4-5-9-14)10-15-13-16-11-6-2-3-7-12(11)17-18-13/h2-3,6-7H,4-5,8-10H2,1H3,(H,15,16,18). The highest BCUT2D eigenvalue weighted by molar-refractivity contribution is 5.73. The summed E-state index contributed by atoms with van der Waals surface area (Å²) in [5, 5.41) is 11.6. The minimum absolute atomic E-state index is 0.398. The summed E-state index contributed by atoms with van der Waals surface area (Å²) in [6.07, 6.45) is 5.27. The first kappa shape index (κ1) is 11.4. The second-order valence-electron chi connectivity index (χ2n) is 5.50. The van der Waals surface area contributed by atoms with Gasteiger partial charge in [0.25, 0.3) is 0 Å². The van der Waals surface area contributed by atoms with Gasteiger partial charge in [-0.05, 0) is 30.4 Å². The second kappa shape index (κ2) is 4.52. The first-order chi connectivity index (χ1) is 8.75. The molecule has 1 aromatic carbocycles. The average molecular weight is 242 g/mol. The van der Waals surface area contributed by atoms with Crippen LogP contribution in [0.15, 0.2) is 24.3 Å². The van der Waals surface area contributed by atoms with Crippen LogP contribution >= 0.6 is 0 Å². The van der Waals surface area contributed by atoms with Crippen molar-refractivity contribution in [1.29, 1.82) is 0 Å². The van der Waals surface area contributed by atoms with Gasteiger partial charge in [0.2, 0.25) is 5.95 Å². The summed E-state index contributed by atoms with van der Waals surface area (Å²) in [4.78, 5) is 4.48. The van der Waals surface area contributed by atoms with Gasteiger partial charge < -0.3 is 5.32 Å². The quantitative estimate of drug-likeness (QED) is 0.898. The van der Waals surface area contributed by atoms with Gasteiger partial charge in [0, 0.05) is 6.54 Å². The molecule has 4 heteroatoms. The Kier molecular flexibility index (Phi) is 2.86. The molecule has 0 atom stereocenters. The number of nitrogens with one attached hydrogen (secondary N) is 1. The smallest absolute Gasteiger partial charge is 0.243 e. The van der Waals surface area contributed by atoms with Crippen LogP contribution in [0.25, 0.3) is 11.0 Å². The minimum atomic E-state index is 0.398. The number of fused-ring (bicyclic) bond motifs is 1. The van der Waals surface area contributed by atoms with Crippen LogP contribution in [0.1, 0.15) is 32.6 Å². The van der Waals surface area contributed by atoms with E-state index in [0.29, 0.717) is 11.4 Å². The van der Waals surface area contributed by atoms with Crippen molar-refractivity contribution in [2.45, 2.75) is 32.6 Å². The van der Waals surface area contributed by atoms with Gasteiger partial charge in [0.15, 0.2) is 0 Å². The van der Waals surface area contributed by atoms with Gasteiger partial charge in [-0.15, -0.1) is 10.2 Å². The van der Waals surface area contributed by atoms with Crippen molar-refractivity contribution in [3.05, 3.63) is 24.3 Å². The Labute approximate surface area is 107 Å². The summed E-state index contributed by atoms with van der Waals surface area (Å²) in [6.45, 7) is 3.27. The highest BCUT2D eigenvalue weighted by atomic mass is 15.2. The van der Waals surface area contributed by atoms with E-state index >= 15 is 0 Å². The number of para-hydroxylation sites is 1. The van der Waals surface area contributed by atoms with E-state index in [4.69, 9.17) is 0 Å². The number of anilines is 1. The molecule has 1 aromatic heterocycles. The molecular weight excluding hydrogens is 224 g/mol. The van der Waals surface area contributed by atoms with Crippen LogP contribution in [-0.2, 0) is 0 Å². The normalized spacial score (nSPS) is 18.1. The molecule has 94 valence electrons. The second-order valence-corrected chi connectivity index (χ2v) is 5.50. The number of hydrogen-bond acceptors (Lipinski definition) is 4. The number of nitrogens with zero attached hydrogens (tertiary/aromatic N) is 3. The molecule has 0 aliphatic heterocycles. The zero-order valence-electron chi connectivity index (χ0n) is 10.7. The molecule has 1 aliphatic carbocycles. The van der Waals surface area contributed by atoms with Crippen LogP contribution < -0.4 is 5.32 Å². The molecule has 0 saturated heterocycles. The van der Waals surface area contributed by atoms with Crippen molar-refractivity contribution in [1.82, 2.24) is 15.2 Å². The van der Waals surface area contributed by atoms with Crippen LogP contribution in [0.4, 0.5) is 5.95 Å². The van der Waals surface area contributed by atoms with Crippen LogP contribution in [-0.4, -0.2) is 21.7 Å². The predicted octanol–water partition coefficient (Wildman–Crippen LogP) is 3.02. The van der Waals surface area contributed by atoms with Crippen LogP contribution in [0.3, 0.4) is 0 Å². The molecule has 0 spiro atoms. The minimum Gasteiger partial charge on any atom is -0.352 e. The third kappa shape index (κ3) is 2.28. The maximum absolute atomic E-state index is 4.48. The summed E-state index contributed by atoms with van der Waals surface area (Å²) >= 11 is 0. The first-order valence-electron chi connectivity index (χ1n) is 6.59. The van der Waals surface area contributed by atoms with Gasteiger partial charge in [0.05, 0.1) is 5.52 Å². The molecule has 4 nitrogen and oxygen atoms in total. The molecule has 3 rings (SSSR count). The maximum atomic E-state index is 4.48. The third-order valence-corrected chi connectivity index (χ3v) is 3.84. The van der Waals surface area contributed by atoms with Crippen LogP contribution in [0, 0.1) is 5.41 Å².